The smallest absolute Gasteiger partial charge is 0.222 e. The third kappa shape index (κ3) is 4.33. The number of carbonyl (C=O) groups excluding carboxylic acids is 1. The van der Waals surface area contributed by atoms with Gasteiger partial charge in [-0.3, -0.25) is 14.5 Å². The lowest BCUT2D eigenvalue weighted by molar-refractivity contribution is -0.121. The second-order valence-corrected chi connectivity index (χ2v) is 7.79. The van der Waals surface area contributed by atoms with Crippen LogP contribution in [0.4, 0.5) is 0 Å². The van der Waals surface area contributed by atoms with Crippen LogP contribution in [0.25, 0.3) is 16.4 Å². The fraction of sp³-hybridized carbons (Fsp3) is 0.211. The predicted octanol–water partition coefficient (Wildman–Crippen LogP) is 3.52. The van der Waals surface area contributed by atoms with Crippen LogP contribution < -0.4 is 5.32 Å². The summed E-state index contributed by atoms with van der Waals surface area (Å²) in [5.41, 5.74) is 1.93. The third-order valence-corrected chi connectivity index (χ3v) is 5.69. The first-order valence-electron chi connectivity index (χ1n) is 9.05. The lowest BCUT2D eigenvalue weighted by Gasteiger charge is -2.15. The van der Waals surface area contributed by atoms with E-state index >= 15 is 0 Å². The van der Waals surface area contributed by atoms with E-state index in [2.05, 4.69) is 25.6 Å². The number of hydrogen-bond acceptors (Lipinski definition) is 6. The van der Waals surface area contributed by atoms with Crippen LogP contribution in [0.15, 0.2) is 54.4 Å². The number of benzene rings is 1. The molecule has 3 aromatic heterocycles. The zero-order valence-electron chi connectivity index (χ0n) is 15.6. The Morgan fingerprint density at radius 1 is 1.31 bits per heavy atom. The van der Waals surface area contributed by atoms with E-state index < -0.39 is 0 Å². The first-order valence-corrected chi connectivity index (χ1v) is 10.3. The zero-order valence-corrected chi connectivity index (χ0v) is 17.3. The molecule has 0 aliphatic carbocycles. The Hall–Kier alpha value is -3.11. The fourth-order valence-electron chi connectivity index (χ4n) is 2.99. The molecule has 1 amide bonds. The van der Waals surface area contributed by atoms with Gasteiger partial charge in [-0.15, -0.1) is 11.3 Å². The van der Waals surface area contributed by atoms with Crippen LogP contribution in [0.1, 0.15) is 24.9 Å². The first-order chi connectivity index (χ1) is 14.1. The van der Waals surface area contributed by atoms with E-state index in [-0.39, 0.29) is 11.9 Å². The second kappa shape index (κ2) is 8.50. The Morgan fingerprint density at radius 2 is 2.14 bits per heavy atom. The molecule has 0 spiro atoms. The maximum atomic E-state index is 12.5. The zero-order chi connectivity index (χ0) is 20.2. The Bertz CT molecular complexity index is 1130. The highest BCUT2D eigenvalue weighted by molar-refractivity contribution is 7.71. The Balaban J connectivity index is 1.37. The Kier molecular flexibility index (Phi) is 5.63. The first kappa shape index (κ1) is 19.2. The maximum Gasteiger partial charge on any atom is 0.222 e. The van der Waals surface area contributed by atoms with Gasteiger partial charge in [0, 0.05) is 13.0 Å². The van der Waals surface area contributed by atoms with Gasteiger partial charge in [-0.05, 0) is 48.3 Å². The molecule has 1 atom stereocenters. The highest BCUT2D eigenvalue weighted by Crippen LogP contribution is 2.23. The van der Waals surface area contributed by atoms with Gasteiger partial charge in [-0.1, -0.05) is 18.2 Å². The van der Waals surface area contributed by atoms with Gasteiger partial charge in [-0.25, -0.2) is 9.67 Å². The third-order valence-electron chi connectivity index (χ3n) is 4.52. The van der Waals surface area contributed by atoms with Crippen LogP contribution >= 0.6 is 23.6 Å². The fourth-order valence-corrected chi connectivity index (χ4v) is 3.93. The van der Waals surface area contributed by atoms with E-state index in [1.54, 1.807) is 22.3 Å². The number of hydrogen-bond donors (Lipinski definition) is 2. The van der Waals surface area contributed by atoms with Crippen molar-refractivity contribution in [1.82, 2.24) is 34.8 Å². The Labute approximate surface area is 176 Å². The molecule has 1 aromatic carbocycles. The lowest BCUT2D eigenvalue weighted by Crippen LogP contribution is -2.27. The van der Waals surface area contributed by atoms with Crippen molar-refractivity contribution < 1.29 is 4.79 Å². The number of amides is 1. The molecule has 0 saturated carbocycles. The molecule has 2 N–H and O–H groups in total. The van der Waals surface area contributed by atoms with Crippen molar-refractivity contribution >= 4 is 29.5 Å². The van der Waals surface area contributed by atoms with Crippen molar-refractivity contribution in [2.75, 3.05) is 0 Å². The molecular formula is C19H19N7OS2. The van der Waals surface area contributed by atoms with E-state index in [1.807, 2.05) is 53.3 Å². The molecule has 0 aliphatic heterocycles. The van der Waals surface area contributed by atoms with Crippen LogP contribution in [0.3, 0.4) is 0 Å². The monoisotopic (exact) mass is 425 g/mol. The molecule has 0 fully saturated rings. The molecule has 29 heavy (non-hydrogen) atoms. The highest BCUT2D eigenvalue weighted by atomic mass is 32.1. The van der Waals surface area contributed by atoms with E-state index in [1.165, 1.54) is 6.33 Å². The largest absolute Gasteiger partial charge is 0.350 e. The minimum atomic E-state index is -0.110. The van der Waals surface area contributed by atoms with Crippen molar-refractivity contribution in [3.8, 4) is 16.4 Å². The van der Waals surface area contributed by atoms with E-state index in [9.17, 15) is 4.79 Å². The van der Waals surface area contributed by atoms with E-state index in [4.69, 9.17) is 12.2 Å². The highest BCUT2D eigenvalue weighted by Gasteiger charge is 2.13. The molecule has 3 heterocycles. The van der Waals surface area contributed by atoms with Crippen LogP contribution in [0.2, 0.25) is 0 Å². The van der Waals surface area contributed by atoms with Gasteiger partial charge < -0.3 is 5.32 Å². The molecule has 10 heteroatoms. The van der Waals surface area contributed by atoms with Crippen molar-refractivity contribution in [3.63, 3.8) is 0 Å². The standard InChI is InChI=1S/C19H19N7OS2/c1-13(14-4-6-15(7-5-14)26-12-20-11-21-26)22-17(27)8-9-25-18(23-24-19(25)28)16-3-2-10-29-16/h2-7,10-13H,8-9H2,1H3,(H,22,27)(H,24,28). The summed E-state index contributed by atoms with van der Waals surface area (Å²) in [5.74, 6) is 0.715. The average molecular weight is 426 g/mol. The predicted molar refractivity (Wildman–Crippen MR) is 113 cm³/mol. The van der Waals surface area contributed by atoms with Crippen LogP contribution in [-0.2, 0) is 11.3 Å². The molecular weight excluding hydrogens is 406 g/mol. The molecule has 8 nitrogen and oxygen atoms in total. The van der Waals surface area contributed by atoms with E-state index in [0.29, 0.717) is 17.7 Å². The second-order valence-electron chi connectivity index (χ2n) is 6.45. The minimum Gasteiger partial charge on any atom is -0.350 e. The summed E-state index contributed by atoms with van der Waals surface area (Å²) in [4.78, 5) is 17.4. The molecule has 148 valence electrons. The van der Waals surface area contributed by atoms with Gasteiger partial charge in [0.05, 0.1) is 16.6 Å². The Morgan fingerprint density at radius 3 is 2.83 bits per heavy atom. The van der Waals surface area contributed by atoms with Gasteiger partial charge in [0.1, 0.15) is 12.7 Å². The molecule has 0 radical (unpaired) electrons. The molecule has 0 bridgehead atoms. The maximum absolute atomic E-state index is 12.5. The van der Waals surface area contributed by atoms with Crippen molar-refractivity contribution in [2.24, 2.45) is 0 Å². The average Bonchev–Trinajstić information content (AvgIpc) is 3.48. The summed E-state index contributed by atoms with van der Waals surface area (Å²) >= 11 is 6.90. The SMILES string of the molecule is CC(NC(=O)CCn1c(-c2cccs2)n[nH]c1=S)c1ccc(-n2cncn2)cc1. The molecule has 0 saturated heterocycles. The number of rotatable bonds is 7. The lowest BCUT2D eigenvalue weighted by atomic mass is 10.1. The van der Waals surface area contributed by atoms with Gasteiger partial charge >= 0.3 is 0 Å². The summed E-state index contributed by atoms with van der Waals surface area (Å²) in [6.45, 7) is 2.43. The van der Waals surface area contributed by atoms with Gasteiger partial charge in [0.25, 0.3) is 0 Å². The number of aromatic nitrogens is 6. The van der Waals surface area contributed by atoms with Crippen molar-refractivity contribution in [3.05, 3.63) is 64.8 Å². The van der Waals surface area contributed by atoms with E-state index in [0.717, 1.165) is 22.0 Å². The van der Waals surface area contributed by atoms with Gasteiger partial charge in [0.15, 0.2) is 10.6 Å². The molecule has 1 unspecified atom stereocenters. The summed E-state index contributed by atoms with van der Waals surface area (Å²) in [5, 5.41) is 16.2. The van der Waals surface area contributed by atoms with Gasteiger partial charge in [-0.2, -0.15) is 10.2 Å². The number of H-pyrrole nitrogens is 1. The normalized spacial score (nSPS) is 12.0. The number of carbonyl (C=O) groups is 1. The summed E-state index contributed by atoms with van der Waals surface area (Å²) < 4.78 is 4.06. The number of aromatic amines is 1. The van der Waals surface area contributed by atoms with Gasteiger partial charge in [0.2, 0.25) is 5.91 Å². The number of nitrogens with one attached hydrogen (secondary N) is 2. The molecule has 4 rings (SSSR count). The van der Waals surface area contributed by atoms with Crippen LogP contribution in [-0.4, -0.2) is 35.4 Å². The van der Waals surface area contributed by atoms with Crippen molar-refractivity contribution in [2.45, 2.75) is 25.9 Å². The van der Waals surface area contributed by atoms with Crippen LogP contribution in [0.5, 0.6) is 0 Å². The topological polar surface area (TPSA) is 93.4 Å². The minimum absolute atomic E-state index is 0.0434. The number of nitrogens with zero attached hydrogens (tertiary/aromatic N) is 5. The van der Waals surface area contributed by atoms with Crippen LogP contribution in [0, 0.1) is 4.77 Å². The summed E-state index contributed by atoms with van der Waals surface area (Å²) in [7, 11) is 0. The quantitative estimate of drug-likeness (QED) is 0.442. The summed E-state index contributed by atoms with van der Waals surface area (Å²) in [6, 6.07) is 11.7. The summed E-state index contributed by atoms with van der Waals surface area (Å²) in [6.07, 6.45) is 3.45. The molecule has 0 aliphatic rings. The van der Waals surface area contributed by atoms with Crippen molar-refractivity contribution in [1.29, 1.82) is 0 Å². The molecule has 4 aromatic rings. The number of thiophene rings is 1.